The van der Waals surface area contributed by atoms with Gasteiger partial charge in [0.2, 0.25) is 0 Å². The highest BCUT2D eigenvalue weighted by molar-refractivity contribution is 8.13. The number of hydrogen-bond acceptors (Lipinski definition) is 5. The number of amides is 2. The van der Waals surface area contributed by atoms with Crippen LogP contribution in [0, 0.1) is 20.8 Å². The SMILES string of the molecule is CC1=C(C(=O)Nc2ccc(C)cc2C)[C@H](c2ccc(NC(=O)c3ccc(C)cc3)cc2)N2CCCSC2=N1. The number of nitrogens with zero attached hydrogens (tertiary/aromatic N) is 2. The first kappa shape index (κ1) is 25.8. The van der Waals surface area contributed by atoms with E-state index in [1.165, 1.54) is 0 Å². The molecule has 0 unspecified atom stereocenters. The van der Waals surface area contributed by atoms with Gasteiger partial charge in [-0.25, -0.2) is 4.99 Å². The number of carbonyl (C=O) groups is 2. The van der Waals surface area contributed by atoms with Crippen LogP contribution in [0.4, 0.5) is 11.4 Å². The molecular weight excluding hydrogens is 492 g/mol. The van der Waals surface area contributed by atoms with Gasteiger partial charge in [0.1, 0.15) is 0 Å². The lowest BCUT2D eigenvalue weighted by atomic mass is 9.93. The maximum Gasteiger partial charge on any atom is 0.255 e. The molecule has 0 aliphatic carbocycles. The summed E-state index contributed by atoms with van der Waals surface area (Å²) in [6.45, 7) is 8.79. The zero-order valence-corrected chi connectivity index (χ0v) is 23.0. The van der Waals surface area contributed by atoms with Gasteiger partial charge in [-0.3, -0.25) is 9.59 Å². The van der Waals surface area contributed by atoms with Crippen molar-refractivity contribution in [3.8, 4) is 0 Å². The summed E-state index contributed by atoms with van der Waals surface area (Å²) in [5, 5.41) is 7.07. The van der Waals surface area contributed by atoms with E-state index in [2.05, 4.69) is 21.6 Å². The Kier molecular flexibility index (Phi) is 7.38. The van der Waals surface area contributed by atoms with Crippen LogP contribution in [0.15, 0.2) is 83.0 Å². The molecule has 38 heavy (non-hydrogen) atoms. The fraction of sp³-hybridized carbons (Fsp3) is 0.258. The average Bonchev–Trinajstić information content (AvgIpc) is 2.90. The molecule has 0 bridgehead atoms. The summed E-state index contributed by atoms with van der Waals surface area (Å²) >= 11 is 1.73. The van der Waals surface area contributed by atoms with Gasteiger partial charge in [-0.15, -0.1) is 0 Å². The molecule has 7 heteroatoms. The van der Waals surface area contributed by atoms with E-state index in [-0.39, 0.29) is 17.9 Å². The molecule has 0 saturated carbocycles. The number of fused-ring (bicyclic) bond motifs is 1. The molecule has 1 atom stereocenters. The Labute approximate surface area is 228 Å². The predicted molar refractivity (Wildman–Crippen MR) is 157 cm³/mol. The number of aryl methyl sites for hydroxylation is 3. The summed E-state index contributed by atoms with van der Waals surface area (Å²) in [6.07, 6.45) is 1.02. The number of carbonyl (C=O) groups excluding carboxylic acids is 2. The van der Waals surface area contributed by atoms with Crippen LogP contribution < -0.4 is 10.6 Å². The predicted octanol–water partition coefficient (Wildman–Crippen LogP) is 6.63. The van der Waals surface area contributed by atoms with Crippen LogP contribution in [0.25, 0.3) is 0 Å². The second kappa shape index (κ2) is 10.9. The van der Waals surface area contributed by atoms with Crippen LogP contribution in [-0.2, 0) is 4.79 Å². The van der Waals surface area contributed by atoms with E-state index in [4.69, 9.17) is 4.99 Å². The van der Waals surface area contributed by atoms with Crippen LogP contribution in [0.3, 0.4) is 0 Å². The van der Waals surface area contributed by atoms with E-state index < -0.39 is 0 Å². The van der Waals surface area contributed by atoms with Gasteiger partial charge in [0.15, 0.2) is 5.17 Å². The molecule has 1 saturated heterocycles. The summed E-state index contributed by atoms with van der Waals surface area (Å²) in [7, 11) is 0. The lowest BCUT2D eigenvalue weighted by Gasteiger charge is -2.41. The Balaban J connectivity index is 1.43. The first-order valence-electron chi connectivity index (χ1n) is 12.9. The summed E-state index contributed by atoms with van der Waals surface area (Å²) in [5.74, 6) is 0.722. The lowest BCUT2D eigenvalue weighted by Crippen LogP contribution is -2.43. The molecule has 2 heterocycles. The molecule has 2 aliphatic heterocycles. The zero-order valence-electron chi connectivity index (χ0n) is 22.2. The molecule has 0 spiro atoms. The molecule has 2 N–H and O–H groups in total. The Bertz CT molecular complexity index is 1440. The van der Waals surface area contributed by atoms with Gasteiger partial charge in [0.25, 0.3) is 11.8 Å². The van der Waals surface area contributed by atoms with E-state index in [0.29, 0.717) is 16.8 Å². The molecule has 0 aromatic heterocycles. The summed E-state index contributed by atoms with van der Waals surface area (Å²) in [4.78, 5) is 33.5. The van der Waals surface area contributed by atoms with Crippen molar-refractivity contribution in [2.24, 2.45) is 4.99 Å². The van der Waals surface area contributed by atoms with E-state index in [9.17, 15) is 9.59 Å². The number of amidine groups is 1. The molecule has 194 valence electrons. The van der Waals surface area contributed by atoms with Crippen molar-refractivity contribution in [1.82, 2.24) is 4.90 Å². The molecule has 5 rings (SSSR count). The number of rotatable bonds is 5. The molecule has 1 fully saturated rings. The number of hydrogen-bond donors (Lipinski definition) is 2. The van der Waals surface area contributed by atoms with Crippen molar-refractivity contribution in [2.45, 2.75) is 40.2 Å². The van der Waals surface area contributed by atoms with Crippen LogP contribution in [0.2, 0.25) is 0 Å². The molecule has 3 aromatic carbocycles. The molecule has 0 radical (unpaired) electrons. The smallest absolute Gasteiger partial charge is 0.255 e. The van der Waals surface area contributed by atoms with Crippen LogP contribution in [-0.4, -0.2) is 34.2 Å². The largest absolute Gasteiger partial charge is 0.340 e. The Morgan fingerprint density at radius 1 is 0.868 bits per heavy atom. The van der Waals surface area contributed by atoms with Gasteiger partial charge in [0.05, 0.1) is 17.3 Å². The van der Waals surface area contributed by atoms with Gasteiger partial charge in [-0.1, -0.05) is 59.3 Å². The van der Waals surface area contributed by atoms with E-state index in [0.717, 1.165) is 57.5 Å². The molecular formula is C31H32N4O2S. The highest BCUT2D eigenvalue weighted by Gasteiger charge is 2.37. The second-order valence-corrected chi connectivity index (χ2v) is 11.0. The number of thioether (sulfide) groups is 1. The number of anilines is 2. The van der Waals surface area contributed by atoms with Gasteiger partial charge in [-0.05, 0) is 75.6 Å². The highest BCUT2D eigenvalue weighted by atomic mass is 32.2. The van der Waals surface area contributed by atoms with Crippen molar-refractivity contribution in [1.29, 1.82) is 0 Å². The van der Waals surface area contributed by atoms with Crippen LogP contribution in [0.1, 0.15) is 52.0 Å². The third kappa shape index (κ3) is 5.38. The van der Waals surface area contributed by atoms with Crippen molar-refractivity contribution < 1.29 is 9.59 Å². The molecule has 2 aliphatic rings. The number of allylic oxidation sites excluding steroid dienone is 1. The maximum atomic E-state index is 13.7. The van der Waals surface area contributed by atoms with Crippen molar-refractivity contribution in [3.63, 3.8) is 0 Å². The average molecular weight is 525 g/mol. The monoisotopic (exact) mass is 524 g/mol. The zero-order chi connectivity index (χ0) is 26.8. The maximum absolute atomic E-state index is 13.7. The fourth-order valence-electron chi connectivity index (χ4n) is 4.91. The minimum Gasteiger partial charge on any atom is -0.340 e. The number of benzene rings is 3. The quantitative estimate of drug-likeness (QED) is 0.393. The minimum absolute atomic E-state index is 0.144. The first-order chi connectivity index (χ1) is 18.3. The van der Waals surface area contributed by atoms with Gasteiger partial charge in [-0.2, -0.15) is 0 Å². The highest BCUT2D eigenvalue weighted by Crippen LogP contribution is 2.40. The Morgan fingerprint density at radius 3 is 2.29 bits per heavy atom. The lowest BCUT2D eigenvalue weighted by molar-refractivity contribution is -0.113. The van der Waals surface area contributed by atoms with E-state index in [1.807, 2.05) is 88.4 Å². The van der Waals surface area contributed by atoms with Crippen LogP contribution in [0.5, 0.6) is 0 Å². The molecule has 2 amide bonds. The Hall–Kier alpha value is -3.84. The summed E-state index contributed by atoms with van der Waals surface area (Å²) in [6, 6.07) is 21.1. The Morgan fingerprint density at radius 2 is 1.58 bits per heavy atom. The minimum atomic E-state index is -0.261. The third-order valence-electron chi connectivity index (χ3n) is 6.93. The number of nitrogens with one attached hydrogen (secondary N) is 2. The number of aliphatic imine (C=N–C) groups is 1. The van der Waals surface area contributed by atoms with Gasteiger partial charge < -0.3 is 15.5 Å². The first-order valence-corrected chi connectivity index (χ1v) is 13.8. The topological polar surface area (TPSA) is 73.8 Å². The fourth-order valence-corrected chi connectivity index (χ4v) is 5.93. The van der Waals surface area contributed by atoms with Gasteiger partial charge >= 0.3 is 0 Å². The molecule has 3 aromatic rings. The van der Waals surface area contributed by atoms with Crippen LogP contribution >= 0.6 is 11.8 Å². The summed E-state index contributed by atoms with van der Waals surface area (Å²) in [5.41, 5.74) is 7.77. The normalized spacial score (nSPS) is 17.0. The third-order valence-corrected chi connectivity index (χ3v) is 8.01. The molecule has 6 nitrogen and oxygen atoms in total. The van der Waals surface area contributed by atoms with Crippen molar-refractivity contribution >= 4 is 40.1 Å². The summed E-state index contributed by atoms with van der Waals surface area (Å²) < 4.78 is 0. The van der Waals surface area contributed by atoms with E-state index in [1.54, 1.807) is 11.8 Å². The van der Waals surface area contributed by atoms with Gasteiger partial charge in [0, 0.05) is 29.2 Å². The standard InChI is InChI=1S/C31H32N4O2S/c1-19-6-9-24(10-7-19)29(36)33-25-13-11-23(12-14-25)28-27(22(4)32-31-35(28)16-5-17-38-31)30(37)34-26-15-8-20(2)18-21(26)3/h6-15,18,28H,5,16-17H2,1-4H3,(H,33,36)(H,34,37)/t28-/m0/s1. The van der Waals surface area contributed by atoms with E-state index >= 15 is 0 Å². The second-order valence-electron chi connectivity index (χ2n) is 9.91. The van der Waals surface area contributed by atoms with Crippen molar-refractivity contribution in [2.75, 3.05) is 22.9 Å². The van der Waals surface area contributed by atoms with Crippen molar-refractivity contribution in [3.05, 3.63) is 106 Å².